The molecule has 0 fully saturated rings. The summed E-state index contributed by atoms with van der Waals surface area (Å²) in [7, 11) is 3.24. The van der Waals surface area contributed by atoms with Gasteiger partial charge in [-0.05, 0) is 43.2 Å². The van der Waals surface area contributed by atoms with E-state index in [0.29, 0.717) is 24.5 Å². The Bertz CT molecular complexity index is 686. The van der Waals surface area contributed by atoms with Gasteiger partial charge in [0.15, 0.2) is 11.5 Å². The van der Waals surface area contributed by atoms with Crippen LogP contribution in [-0.4, -0.2) is 32.4 Å². The van der Waals surface area contributed by atoms with Crippen LogP contribution in [0.4, 0.5) is 0 Å². The van der Waals surface area contributed by atoms with E-state index in [1.165, 1.54) is 10.5 Å². The third-order valence-corrected chi connectivity index (χ3v) is 4.82. The Morgan fingerprint density at radius 3 is 2.44 bits per heavy atom. The molecule has 2 rings (SSSR count). The summed E-state index contributed by atoms with van der Waals surface area (Å²) in [5.41, 5.74) is 2.35. The van der Waals surface area contributed by atoms with Gasteiger partial charge in [-0.25, -0.2) is 0 Å². The molecule has 0 aliphatic rings. The van der Waals surface area contributed by atoms with Crippen LogP contribution in [0.25, 0.3) is 0 Å². The van der Waals surface area contributed by atoms with Crippen LogP contribution in [0, 0.1) is 6.92 Å². The minimum Gasteiger partial charge on any atom is -0.493 e. The number of hydrogen-bond acceptors (Lipinski definition) is 4. The van der Waals surface area contributed by atoms with E-state index in [1.54, 1.807) is 26.0 Å². The molecule has 5 heteroatoms. The summed E-state index contributed by atoms with van der Waals surface area (Å²) in [6.07, 6.45) is 1.28. The molecule has 4 nitrogen and oxygen atoms in total. The largest absolute Gasteiger partial charge is 0.493 e. The fourth-order valence-electron chi connectivity index (χ4n) is 2.37. The molecule has 0 radical (unpaired) electrons. The minimum atomic E-state index is 0.0834. The van der Waals surface area contributed by atoms with Gasteiger partial charge in [0.05, 0.1) is 14.2 Å². The molecule has 0 aliphatic heterocycles. The summed E-state index contributed by atoms with van der Waals surface area (Å²) in [5, 5.41) is 2.97. The number of benzene rings is 2. The Labute approximate surface area is 153 Å². The van der Waals surface area contributed by atoms with E-state index < -0.39 is 0 Å². The van der Waals surface area contributed by atoms with Crippen molar-refractivity contribution in [1.82, 2.24) is 5.32 Å². The van der Waals surface area contributed by atoms with Crippen molar-refractivity contribution in [3.05, 3.63) is 53.6 Å². The van der Waals surface area contributed by atoms with Crippen molar-refractivity contribution in [2.75, 3.05) is 26.5 Å². The van der Waals surface area contributed by atoms with Gasteiger partial charge in [-0.2, -0.15) is 0 Å². The number of aryl methyl sites for hydroxylation is 1. The molecule has 0 heterocycles. The maximum absolute atomic E-state index is 11.9. The molecule has 134 valence electrons. The third kappa shape index (κ3) is 6.35. The van der Waals surface area contributed by atoms with Gasteiger partial charge in [-0.1, -0.05) is 23.8 Å². The van der Waals surface area contributed by atoms with Crippen molar-refractivity contribution >= 4 is 17.7 Å². The maximum atomic E-state index is 11.9. The summed E-state index contributed by atoms with van der Waals surface area (Å²) in [5.74, 6) is 2.29. The average Bonchev–Trinajstić information content (AvgIpc) is 2.63. The predicted molar refractivity (Wildman–Crippen MR) is 103 cm³/mol. The first-order valence-electron chi connectivity index (χ1n) is 8.29. The third-order valence-electron chi connectivity index (χ3n) is 3.80. The van der Waals surface area contributed by atoms with Crippen LogP contribution in [0.15, 0.2) is 47.4 Å². The van der Waals surface area contributed by atoms with Crippen molar-refractivity contribution in [2.24, 2.45) is 0 Å². The fourth-order valence-corrected chi connectivity index (χ4v) is 3.22. The van der Waals surface area contributed by atoms with Gasteiger partial charge >= 0.3 is 0 Å². The Hall–Kier alpha value is -2.14. The van der Waals surface area contributed by atoms with Crippen LogP contribution < -0.4 is 14.8 Å². The van der Waals surface area contributed by atoms with Crippen molar-refractivity contribution in [1.29, 1.82) is 0 Å². The van der Waals surface area contributed by atoms with Crippen LogP contribution in [0.2, 0.25) is 0 Å². The number of thioether (sulfide) groups is 1. The molecule has 0 aromatic heterocycles. The highest BCUT2D eigenvalue weighted by atomic mass is 32.2. The second kappa shape index (κ2) is 9.99. The normalized spacial score (nSPS) is 10.4. The second-order valence-electron chi connectivity index (χ2n) is 5.70. The highest BCUT2D eigenvalue weighted by Crippen LogP contribution is 2.27. The zero-order valence-electron chi connectivity index (χ0n) is 15.0. The minimum absolute atomic E-state index is 0.0834. The molecule has 2 aromatic rings. The molecule has 2 aromatic carbocycles. The summed E-state index contributed by atoms with van der Waals surface area (Å²) in [4.78, 5) is 13.1. The van der Waals surface area contributed by atoms with Gasteiger partial charge in [0.2, 0.25) is 5.91 Å². The molecule has 25 heavy (non-hydrogen) atoms. The first kappa shape index (κ1) is 19.2. The Balaban J connectivity index is 1.69. The molecule has 0 bridgehead atoms. The highest BCUT2D eigenvalue weighted by Gasteiger charge is 2.06. The van der Waals surface area contributed by atoms with Crippen LogP contribution >= 0.6 is 11.8 Å². The van der Waals surface area contributed by atoms with Gasteiger partial charge < -0.3 is 14.8 Å². The molecule has 0 saturated carbocycles. The molecule has 0 atom stereocenters. The van der Waals surface area contributed by atoms with E-state index in [0.717, 1.165) is 17.7 Å². The Morgan fingerprint density at radius 2 is 1.76 bits per heavy atom. The summed E-state index contributed by atoms with van der Waals surface area (Å²) in [6, 6.07) is 14.2. The number of carbonyl (C=O) groups excluding carboxylic acids is 1. The van der Waals surface area contributed by atoms with Crippen LogP contribution in [0.3, 0.4) is 0 Å². The lowest BCUT2D eigenvalue weighted by molar-refractivity contribution is -0.120. The van der Waals surface area contributed by atoms with Crippen molar-refractivity contribution in [2.45, 2.75) is 24.7 Å². The van der Waals surface area contributed by atoms with Crippen LogP contribution in [0.5, 0.6) is 11.5 Å². The molecule has 0 aliphatic carbocycles. The van der Waals surface area contributed by atoms with Crippen LogP contribution in [0.1, 0.15) is 17.5 Å². The Morgan fingerprint density at radius 1 is 1.04 bits per heavy atom. The number of nitrogens with one attached hydrogen (secondary N) is 1. The summed E-state index contributed by atoms with van der Waals surface area (Å²) < 4.78 is 10.5. The summed E-state index contributed by atoms with van der Waals surface area (Å²) >= 11 is 1.71. The second-order valence-corrected chi connectivity index (χ2v) is 6.87. The predicted octanol–water partition coefficient (Wildman–Crippen LogP) is 3.85. The van der Waals surface area contributed by atoms with Gasteiger partial charge in [-0.15, -0.1) is 11.8 Å². The molecule has 0 unspecified atom stereocenters. The molecule has 1 N–H and O–H groups in total. The molecular weight excluding hydrogens is 334 g/mol. The fraction of sp³-hybridized carbons (Fsp3) is 0.350. The van der Waals surface area contributed by atoms with E-state index in [4.69, 9.17) is 9.47 Å². The average molecular weight is 359 g/mol. The van der Waals surface area contributed by atoms with Crippen LogP contribution in [-0.2, 0) is 11.2 Å². The Kier molecular flexibility index (Phi) is 7.67. The van der Waals surface area contributed by atoms with E-state index in [2.05, 4.69) is 36.5 Å². The first-order chi connectivity index (χ1) is 12.1. The van der Waals surface area contributed by atoms with Crippen molar-refractivity contribution in [3.8, 4) is 11.5 Å². The quantitative estimate of drug-likeness (QED) is 0.691. The lowest BCUT2D eigenvalue weighted by atomic mass is 10.1. The standard InChI is InChI=1S/C20H25NO3S/c1-15-4-7-17(8-5-15)25-13-11-20(22)21-12-10-16-6-9-18(23-2)19(14-16)24-3/h4-9,14H,10-13H2,1-3H3,(H,21,22). The van der Waals surface area contributed by atoms with Gasteiger partial charge in [0, 0.05) is 23.6 Å². The number of methoxy groups -OCH3 is 2. The molecular formula is C20H25NO3S. The lowest BCUT2D eigenvalue weighted by Crippen LogP contribution is -2.25. The smallest absolute Gasteiger partial charge is 0.220 e. The van der Waals surface area contributed by atoms with Crippen molar-refractivity contribution < 1.29 is 14.3 Å². The molecule has 1 amide bonds. The first-order valence-corrected chi connectivity index (χ1v) is 9.28. The molecule has 0 saturated heterocycles. The van der Waals surface area contributed by atoms with E-state index in [1.807, 2.05) is 18.2 Å². The lowest BCUT2D eigenvalue weighted by Gasteiger charge is -2.10. The SMILES string of the molecule is COc1ccc(CCNC(=O)CCSc2ccc(C)cc2)cc1OC. The number of hydrogen-bond donors (Lipinski definition) is 1. The maximum Gasteiger partial charge on any atom is 0.220 e. The van der Waals surface area contributed by atoms with Gasteiger partial charge in [0.25, 0.3) is 0 Å². The van der Waals surface area contributed by atoms with Gasteiger partial charge in [-0.3, -0.25) is 4.79 Å². The van der Waals surface area contributed by atoms with Crippen molar-refractivity contribution in [3.63, 3.8) is 0 Å². The van der Waals surface area contributed by atoms with Gasteiger partial charge in [0.1, 0.15) is 0 Å². The zero-order chi connectivity index (χ0) is 18.1. The number of ether oxygens (including phenoxy) is 2. The summed E-state index contributed by atoms with van der Waals surface area (Å²) in [6.45, 7) is 2.68. The van der Waals surface area contributed by atoms with E-state index in [9.17, 15) is 4.79 Å². The number of carbonyl (C=O) groups is 1. The zero-order valence-corrected chi connectivity index (χ0v) is 15.8. The molecule has 0 spiro atoms. The van der Waals surface area contributed by atoms with E-state index in [-0.39, 0.29) is 5.91 Å². The highest BCUT2D eigenvalue weighted by molar-refractivity contribution is 7.99. The number of rotatable bonds is 9. The topological polar surface area (TPSA) is 47.6 Å². The number of amides is 1. The van der Waals surface area contributed by atoms with E-state index >= 15 is 0 Å². The monoisotopic (exact) mass is 359 g/mol.